The molecule has 3 fully saturated rings. The van der Waals surface area contributed by atoms with Gasteiger partial charge in [-0.1, -0.05) is 12.2 Å². The third kappa shape index (κ3) is 11.1. The van der Waals surface area contributed by atoms with Crippen molar-refractivity contribution in [3.8, 4) is 0 Å². The number of piperazine rings is 1. The van der Waals surface area contributed by atoms with Gasteiger partial charge >= 0.3 is 19.6 Å². The van der Waals surface area contributed by atoms with Crippen LogP contribution in [0.4, 0.5) is 0 Å². The number of carboxylic acids is 2. The quantitative estimate of drug-likeness (QED) is 0.200. The second-order valence-electron chi connectivity index (χ2n) is 13.3. The molecule has 0 spiro atoms. The van der Waals surface area contributed by atoms with Crippen LogP contribution in [0.2, 0.25) is 5.82 Å². The van der Waals surface area contributed by atoms with Crippen molar-refractivity contribution in [2.24, 2.45) is 5.92 Å². The number of carbonyl (C=O) groups excluding carboxylic acids is 2. The monoisotopic (exact) mass is 642 g/mol. The highest BCUT2D eigenvalue weighted by Crippen LogP contribution is 2.57. The van der Waals surface area contributed by atoms with Gasteiger partial charge in [0, 0.05) is 71.2 Å². The third-order valence-electron chi connectivity index (χ3n) is 8.02. The zero-order valence-electron chi connectivity index (χ0n) is 26.8. The Morgan fingerprint density at radius 3 is 1.98 bits per heavy atom. The number of carbonyl (C=O) groups is 4. The van der Waals surface area contributed by atoms with Crippen LogP contribution >= 0.6 is 7.67 Å². The fraction of sp³-hybridized carbons (Fsp3) is 0.852. The number of rotatable bonds is 13. The van der Waals surface area contributed by atoms with Gasteiger partial charge in [-0.3, -0.25) is 23.7 Å². The number of carboxylic acid groups (broad SMARTS) is 2. The van der Waals surface area contributed by atoms with Crippen LogP contribution in [0.3, 0.4) is 0 Å². The molecule has 5 unspecified atom stereocenters. The molecule has 0 aliphatic carbocycles. The first-order valence-corrected chi connectivity index (χ1v) is 17.1. The fourth-order valence-electron chi connectivity index (χ4n) is 5.95. The van der Waals surface area contributed by atoms with E-state index in [0.717, 1.165) is 6.42 Å². The fourth-order valence-corrected chi connectivity index (χ4v) is 8.60. The summed E-state index contributed by atoms with van der Waals surface area (Å²) in [5.74, 6) is -2.20. The minimum atomic E-state index is -3.63. The summed E-state index contributed by atoms with van der Waals surface area (Å²) in [4.78, 5) is 50.4. The Hall–Kier alpha value is -1.96. The Morgan fingerprint density at radius 2 is 1.41 bits per heavy atom. The van der Waals surface area contributed by atoms with Gasteiger partial charge in [-0.05, 0) is 26.7 Å². The second kappa shape index (κ2) is 16.0. The molecule has 2 amide bonds. The summed E-state index contributed by atoms with van der Waals surface area (Å²) < 4.78 is 37.3. The lowest BCUT2D eigenvalue weighted by Gasteiger charge is -2.47. The number of hydrogen-bond donors (Lipinski definition) is 2. The lowest BCUT2D eigenvalue weighted by Crippen LogP contribution is -2.53. The lowest BCUT2D eigenvalue weighted by molar-refractivity contribution is -0.146. The highest BCUT2D eigenvalue weighted by molar-refractivity contribution is 7.54. The molecule has 44 heavy (non-hydrogen) atoms. The van der Waals surface area contributed by atoms with Crippen LogP contribution in [0.1, 0.15) is 52.9 Å². The zero-order chi connectivity index (χ0) is 32.7. The van der Waals surface area contributed by atoms with Crippen molar-refractivity contribution in [3.05, 3.63) is 0 Å². The first-order valence-electron chi connectivity index (χ1n) is 15.6. The predicted octanol–water partition coefficient (Wildman–Crippen LogP) is -0.270. The van der Waals surface area contributed by atoms with Gasteiger partial charge < -0.3 is 34.0 Å². The molecule has 0 aromatic heterocycles. The average molecular weight is 642 g/mol. The molecule has 14 nitrogen and oxygen atoms in total. The zero-order valence-corrected chi connectivity index (χ0v) is 27.7. The largest absolute Gasteiger partial charge is 0.481 e. The normalized spacial score (nSPS) is 27.1. The third-order valence-corrected chi connectivity index (χ3v) is 10.7. The molecular weight excluding hydrogens is 593 g/mol. The maximum atomic E-state index is 15.0. The maximum absolute atomic E-state index is 15.0. The van der Waals surface area contributed by atoms with E-state index in [0.29, 0.717) is 52.4 Å². The van der Waals surface area contributed by atoms with Gasteiger partial charge in [-0.2, -0.15) is 0 Å². The summed E-state index contributed by atoms with van der Waals surface area (Å²) in [6, 6.07) is -0.306. The minimum absolute atomic E-state index is 0.0316. The smallest absolute Gasteiger partial charge is 0.346 e. The molecule has 3 rings (SSSR count). The van der Waals surface area contributed by atoms with Crippen LogP contribution in [0.25, 0.3) is 0 Å². The van der Waals surface area contributed by atoms with Crippen molar-refractivity contribution in [3.63, 3.8) is 0 Å². The van der Waals surface area contributed by atoms with E-state index in [4.69, 9.17) is 24.2 Å². The summed E-state index contributed by atoms with van der Waals surface area (Å²) in [7, 11) is 0.312. The Kier molecular flexibility index (Phi) is 13.3. The molecule has 5 atom stereocenters. The first-order chi connectivity index (χ1) is 20.6. The van der Waals surface area contributed by atoms with E-state index in [1.54, 1.807) is 14.5 Å². The van der Waals surface area contributed by atoms with Crippen LogP contribution in [-0.4, -0.2) is 152 Å². The van der Waals surface area contributed by atoms with E-state index >= 15 is 4.57 Å². The van der Waals surface area contributed by atoms with Gasteiger partial charge in [-0.15, -0.1) is 0 Å². The Labute approximate surface area is 262 Å². The van der Waals surface area contributed by atoms with Crippen molar-refractivity contribution in [1.82, 2.24) is 19.1 Å². The van der Waals surface area contributed by atoms with E-state index < -0.39 is 25.7 Å². The molecule has 0 aromatic rings. The van der Waals surface area contributed by atoms with E-state index in [1.165, 1.54) is 0 Å². The molecule has 17 heteroatoms. The van der Waals surface area contributed by atoms with Crippen LogP contribution in [0.5, 0.6) is 0 Å². The molecule has 0 aromatic carbocycles. The van der Waals surface area contributed by atoms with Crippen LogP contribution in [0.15, 0.2) is 0 Å². The van der Waals surface area contributed by atoms with Crippen molar-refractivity contribution >= 4 is 47.1 Å². The maximum Gasteiger partial charge on any atom is 0.346 e. The van der Waals surface area contributed by atoms with E-state index in [9.17, 15) is 19.2 Å². The summed E-state index contributed by atoms with van der Waals surface area (Å²) in [6.45, 7) is 9.30. The Morgan fingerprint density at radius 1 is 0.818 bits per heavy atom. The minimum Gasteiger partial charge on any atom is -0.481 e. The Bertz CT molecular complexity index is 1070. The summed E-state index contributed by atoms with van der Waals surface area (Å²) in [5.41, 5.74) is -0.308. The van der Waals surface area contributed by atoms with Gasteiger partial charge in [-0.25, -0.2) is 9.34 Å². The van der Waals surface area contributed by atoms with Gasteiger partial charge in [0.1, 0.15) is 15.7 Å². The SMILES string of the molecule is BC1CC(COC(C)(C)C)CN(P(=O)(OCC2CN(C(=O)CCC(=O)O)CC(B)O2)N2CCN(C(=O)CCC(=O)O)CC2)C1. The van der Waals surface area contributed by atoms with Crippen molar-refractivity contribution < 1.29 is 48.0 Å². The lowest BCUT2D eigenvalue weighted by atomic mass is 9.77. The molecule has 0 saturated carbocycles. The number of piperidine rings is 1. The van der Waals surface area contributed by atoms with Gasteiger partial charge in [0.2, 0.25) is 11.8 Å². The molecule has 0 bridgehead atoms. The van der Waals surface area contributed by atoms with Crippen molar-refractivity contribution in [2.45, 2.75) is 76.4 Å². The number of morpholine rings is 1. The van der Waals surface area contributed by atoms with Crippen molar-refractivity contribution in [2.75, 3.05) is 65.6 Å². The molecule has 3 aliphatic rings. The highest BCUT2D eigenvalue weighted by atomic mass is 31.2. The standard InChI is InChI=1S/C27H49B2N4O10P/c1-27(2,3)41-17-19-12-20(28)14-33(13-19)44(40,32-10-8-30(9-11-32)23(34)4-6-25(36)37)42-18-21-15-31(16-22(29)43-21)24(35)5-7-26(38)39/h19-22H,4-18,28-29H2,1-3H3,(H,36,37)(H,38,39). The first kappa shape index (κ1) is 36.5. The summed E-state index contributed by atoms with van der Waals surface area (Å²) >= 11 is 0. The summed E-state index contributed by atoms with van der Waals surface area (Å²) in [5, 5.41) is 17.9. The summed E-state index contributed by atoms with van der Waals surface area (Å²) in [6.07, 6.45) is -0.301. The van der Waals surface area contributed by atoms with Crippen LogP contribution in [-0.2, 0) is 37.7 Å². The van der Waals surface area contributed by atoms with Crippen LogP contribution in [0, 0.1) is 5.92 Å². The van der Waals surface area contributed by atoms with Gasteiger partial charge in [0.25, 0.3) is 0 Å². The molecule has 3 aliphatic heterocycles. The molecule has 3 saturated heterocycles. The number of ether oxygens (including phenoxy) is 2. The predicted molar refractivity (Wildman–Crippen MR) is 167 cm³/mol. The van der Waals surface area contributed by atoms with E-state index in [1.807, 2.05) is 33.3 Å². The van der Waals surface area contributed by atoms with Crippen LogP contribution < -0.4 is 0 Å². The van der Waals surface area contributed by atoms with Gasteiger partial charge in [0.15, 0.2) is 0 Å². The topological polar surface area (TPSA) is 166 Å². The number of nitrogens with zero attached hydrogens (tertiary/aromatic N) is 4. The second-order valence-corrected chi connectivity index (χ2v) is 15.6. The molecule has 2 N–H and O–H groups in total. The average Bonchev–Trinajstić information content (AvgIpc) is 2.95. The highest BCUT2D eigenvalue weighted by Gasteiger charge is 2.45. The van der Waals surface area contributed by atoms with E-state index in [2.05, 4.69) is 7.85 Å². The molecular formula is C27H49B2N4O10P. The molecule has 0 radical (unpaired) electrons. The van der Waals surface area contributed by atoms with E-state index in [-0.39, 0.29) is 74.0 Å². The Balaban J connectivity index is 1.75. The van der Waals surface area contributed by atoms with Crippen molar-refractivity contribution in [1.29, 1.82) is 0 Å². The number of aliphatic carboxylic acids is 2. The molecule has 3 heterocycles. The molecule has 248 valence electrons. The number of hydrogen-bond acceptors (Lipinski definition) is 8. The number of amides is 2. The van der Waals surface area contributed by atoms with Gasteiger partial charge in [0.05, 0.1) is 37.8 Å².